The zero-order valence-corrected chi connectivity index (χ0v) is 14.6. The summed E-state index contributed by atoms with van der Waals surface area (Å²) >= 11 is 0. The van der Waals surface area contributed by atoms with Gasteiger partial charge in [-0.2, -0.15) is 0 Å². The van der Waals surface area contributed by atoms with Crippen molar-refractivity contribution in [2.24, 2.45) is 11.8 Å². The predicted octanol–water partition coefficient (Wildman–Crippen LogP) is 2.00. The van der Waals surface area contributed by atoms with Gasteiger partial charge >= 0.3 is 5.97 Å². The number of amides is 1. The summed E-state index contributed by atoms with van der Waals surface area (Å²) in [4.78, 5) is 25.7. The number of likely N-dealkylation sites (tertiary alicyclic amines) is 1. The first kappa shape index (κ1) is 17.7. The van der Waals surface area contributed by atoms with Crippen molar-refractivity contribution in [3.63, 3.8) is 0 Å². The summed E-state index contributed by atoms with van der Waals surface area (Å²) in [6.45, 7) is 4.55. The summed E-state index contributed by atoms with van der Waals surface area (Å²) in [5, 5.41) is 12.1. The molecule has 2 fully saturated rings. The fourth-order valence-corrected chi connectivity index (χ4v) is 3.69. The number of carbonyl (C=O) groups excluding carboxylic acids is 1. The van der Waals surface area contributed by atoms with Crippen molar-refractivity contribution in [2.75, 3.05) is 26.2 Å². The molecular weight excluding hydrogens is 320 g/mol. The van der Waals surface area contributed by atoms with Crippen molar-refractivity contribution < 1.29 is 19.4 Å². The standard InChI is InChI=1S/C19H26N2O4/c1-2-25-17-6-4-3-5-14(17)19(24)20-16-12-21(10-9-18(22)23)11-15(16)13-7-8-13/h3-6,13,15-16H,2,7-12H2,1H3,(H,20,24)(H,22,23)/t15-,16+/m1/s1. The van der Waals surface area contributed by atoms with Gasteiger partial charge in [0.05, 0.1) is 18.6 Å². The van der Waals surface area contributed by atoms with Crippen molar-refractivity contribution in [1.82, 2.24) is 10.2 Å². The van der Waals surface area contributed by atoms with E-state index in [-0.39, 0.29) is 18.4 Å². The number of aliphatic carboxylic acids is 1. The van der Waals surface area contributed by atoms with Crippen LogP contribution in [0, 0.1) is 11.8 Å². The van der Waals surface area contributed by atoms with Crippen LogP contribution in [0.4, 0.5) is 0 Å². The minimum absolute atomic E-state index is 0.0727. The lowest BCUT2D eigenvalue weighted by Gasteiger charge is -2.20. The van der Waals surface area contributed by atoms with E-state index < -0.39 is 5.97 Å². The van der Waals surface area contributed by atoms with Crippen LogP contribution in [0.15, 0.2) is 24.3 Å². The maximum Gasteiger partial charge on any atom is 0.304 e. The Labute approximate surface area is 148 Å². The van der Waals surface area contributed by atoms with Crippen molar-refractivity contribution in [2.45, 2.75) is 32.2 Å². The van der Waals surface area contributed by atoms with Crippen molar-refractivity contribution in [1.29, 1.82) is 0 Å². The van der Waals surface area contributed by atoms with Crippen LogP contribution in [-0.4, -0.2) is 54.2 Å². The van der Waals surface area contributed by atoms with E-state index in [2.05, 4.69) is 10.2 Å². The van der Waals surface area contributed by atoms with Crippen molar-refractivity contribution in [3.05, 3.63) is 29.8 Å². The number of benzene rings is 1. The van der Waals surface area contributed by atoms with E-state index in [1.165, 1.54) is 12.8 Å². The smallest absolute Gasteiger partial charge is 0.304 e. The average Bonchev–Trinajstić information content (AvgIpc) is 3.35. The van der Waals surface area contributed by atoms with Gasteiger partial charge in [0.15, 0.2) is 0 Å². The van der Waals surface area contributed by atoms with E-state index in [1.807, 2.05) is 25.1 Å². The van der Waals surface area contributed by atoms with Crippen LogP contribution >= 0.6 is 0 Å². The number of nitrogens with one attached hydrogen (secondary N) is 1. The molecule has 0 spiro atoms. The number of carboxylic acid groups (broad SMARTS) is 1. The second kappa shape index (κ2) is 7.87. The Hall–Kier alpha value is -2.08. The first-order valence-electron chi connectivity index (χ1n) is 9.05. The van der Waals surface area contributed by atoms with Crippen molar-refractivity contribution in [3.8, 4) is 5.75 Å². The number of carbonyl (C=O) groups is 2. The Kier molecular flexibility index (Phi) is 5.58. The molecule has 1 amide bonds. The minimum atomic E-state index is -0.777. The van der Waals surface area contributed by atoms with Gasteiger partial charge in [0.1, 0.15) is 5.75 Å². The van der Waals surface area contributed by atoms with Crippen LogP contribution in [0.3, 0.4) is 0 Å². The quantitative estimate of drug-likeness (QED) is 0.753. The van der Waals surface area contributed by atoms with Gasteiger partial charge in [-0.3, -0.25) is 9.59 Å². The van der Waals surface area contributed by atoms with Gasteiger partial charge in [-0.25, -0.2) is 0 Å². The molecular formula is C19H26N2O4. The first-order valence-corrected chi connectivity index (χ1v) is 9.05. The number of para-hydroxylation sites is 1. The Bertz CT molecular complexity index is 630. The predicted molar refractivity (Wildman–Crippen MR) is 93.8 cm³/mol. The van der Waals surface area contributed by atoms with E-state index in [4.69, 9.17) is 9.84 Å². The van der Waals surface area contributed by atoms with Gasteiger partial charge < -0.3 is 20.1 Å². The van der Waals surface area contributed by atoms with E-state index >= 15 is 0 Å². The van der Waals surface area contributed by atoms with Crippen LogP contribution in [-0.2, 0) is 4.79 Å². The summed E-state index contributed by atoms with van der Waals surface area (Å²) in [6.07, 6.45) is 2.56. The molecule has 0 bridgehead atoms. The SMILES string of the molecule is CCOc1ccccc1C(=O)N[C@H]1CN(CCC(=O)O)C[C@@H]1C1CC1. The monoisotopic (exact) mass is 346 g/mol. The third-order valence-corrected chi connectivity index (χ3v) is 5.06. The number of nitrogens with zero attached hydrogens (tertiary/aromatic N) is 1. The van der Waals surface area contributed by atoms with E-state index in [0.717, 1.165) is 13.1 Å². The molecule has 136 valence electrons. The molecule has 25 heavy (non-hydrogen) atoms. The topological polar surface area (TPSA) is 78.9 Å². The van der Waals surface area contributed by atoms with E-state index in [9.17, 15) is 9.59 Å². The maximum absolute atomic E-state index is 12.8. The molecule has 2 N–H and O–H groups in total. The van der Waals surface area contributed by atoms with E-state index in [0.29, 0.717) is 36.3 Å². The van der Waals surface area contributed by atoms with Crippen LogP contribution in [0.5, 0.6) is 5.75 Å². The van der Waals surface area contributed by atoms with Crippen LogP contribution in [0.1, 0.15) is 36.5 Å². The highest BCUT2D eigenvalue weighted by Crippen LogP contribution is 2.41. The molecule has 1 heterocycles. The number of carboxylic acids is 1. The Morgan fingerprint density at radius 1 is 1.28 bits per heavy atom. The Morgan fingerprint density at radius 3 is 2.72 bits per heavy atom. The molecule has 2 aliphatic rings. The largest absolute Gasteiger partial charge is 0.493 e. The molecule has 6 heteroatoms. The molecule has 1 aliphatic heterocycles. The second-order valence-electron chi connectivity index (χ2n) is 6.91. The molecule has 1 saturated carbocycles. The fraction of sp³-hybridized carbons (Fsp3) is 0.579. The zero-order valence-electron chi connectivity index (χ0n) is 14.6. The van der Waals surface area contributed by atoms with Gasteiger partial charge in [-0.15, -0.1) is 0 Å². The third kappa shape index (κ3) is 4.51. The first-order chi connectivity index (χ1) is 12.1. The third-order valence-electron chi connectivity index (χ3n) is 5.06. The summed E-state index contributed by atoms with van der Waals surface area (Å²) in [5.74, 6) is 0.784. The number of ether oxygens (including phenoxy) is 1. The minimum Gasteiger partial charge on any atom is -0.493 e. The number of rotatable bonds is 8. The van der Waals surface area contributed by atoms with Gasteiger partial charge in [0, 0.05) is 25.7 Å². The molecule has 1 aromatic carbocycles. The highest BCUT2D eigenvalue weighted by atomic mass is 16.5. The van der Waals surface area contributed by atoms with E-state index in [1.54, 1.807) is 6.07 Å². The normalized spacial score (nSPS) is 23.4. The van der Waals surface area contributed by atoms with Gasteiger partial charge in [-0.05, 0) is 43.7 Å². The molecule has 1 aliphatic carbocycles. The zero-order chi connectivity index (χ0) is 17.8. The number of hydrogen-bond acceptors (Lipinski definition) is 4. The molecule has 6 nitrogen and oxygen atoms in total. The summed E-state index contributed by atoms with van der Waals surface area (Å²) in [6, 6.07) is 7.36. The van der Waals surface area contributed by atoms with Crippen LogP contribution < -0.4 is 10.1 Å². The molecule has 0 radical (unpaired) electrons. The summed E-state index contributed by atoms with van der Waals surface area (Å²) < 4.78 is 5.56. The highest BCUT2D eigenvalue weighted by molar-refractivity contribution is 5.97. The summed E-state index contributed by atoms with van der Waals surface area (Å²) in [7, 11) is 0. The Balaban J connectivity index is 1.65. The lowest BCUT2D eigenvalue weighted by atomic mass is 9.97. The van der Waals surface area contributed by atoms with Crippen LogP contribution in [0.25, 0.3) is 0 Å². The Morgan fingerprint density at radius 2 is 2.04 bits per heavy atom. The molecule has 3 rings (SSSR count). The van der Waals surface area contributed by atoms with Gasteiger partial charge in [0.25, 0.3) is 5.91 Å². The molecule has 1 saturated heterocycles. The second-order valence-corrected chi connectivity index (χ2v) is 6.91. The summed E-state index contributed by atoms with van der Waals surface area (Å²) in [5.41, 5.74) is 0.558. The average molecular weight is 346 g/mol. The molecule has 2 atom stereocenters. The van der Waals surface area contributed by atoms with Crippen molar-refractivity contribution >= 4 is 11.9 Å². The maximum atomic E-state index is 12.8. The highest BCUT2D eigenvalue weighted by Gasteiger charge is 2.43. The van der Waals surface area contributed by atoms with Gasteiger partial charge in [-0.1, -0.05) is 12.1 Å². The molecule has 1 aromatic rings. The fourth-order valence-electron chi connectivity index (χ4n) is 3.69. The molecule has 0 unspecified atom stereocenters. The lowest BCUT2D eigenvalue weighted by Crippen LogP contribution is -2.41. The lowest BCUT2D eigenvalue weighted by molar-refractivity contribution is -0.137. The van der Waals surface area contributed by atoms with Gasteiger partial charge in [0.2, 0.25) is 0 Å². The van der Waals surface area contributed by atoms with Crippen LogP contribution in [0.2, 0.25) is 0 Å². The molecule has 0 aromatic heterocycles. The number of hydrogen-bond donors (Lipinski definition) is 2.